The second-order valence-electron chi connectivity index (χ2n) is 6.45. The molecule has 1 aliphatic heterocycles. The molecule has 1 aliphatic rings. The molecule has 0 aliphatic carbocycles. The van der Waals surface area contributed by atoms with Gasteiger partial charge in [-0.2, -0.15) is 0 Å². The first kappa shape index (κ1) is 17.3. The molecule has 1 heterocycles. The molecular formula is C22H20Cl2N2. The quantitative estimate of drug-likeness (QED) is 0.516. The number of benzene rings is 3. The van der Waals surface area contributed by atoms with Crippen molar-refractivity contribution in [1.82, 2.24) is 0 Å². The Labute approximate surface area is 164 Å². The largest absolute Gasteiger partial charge is 0.347 e. The van der Waals surface area contributed by atoms with Crippen molar-refractivity contribution in [2.75, 3.05) is 22.9 Å². The van der Waals surface area contributed by atoms with Gasteiger partial charge in [0.15, 0.2) is 0 Å². The number of hydrogen-bond acceptors (Lipinski definition) is 2. The zero-order chi connectivity index (χ0) is 17.9. The number of para-hydroxylation sites is 2. The van der Waals surface area contributed by atoms with Crippen LogP contribution in [0.3, 0.4) is 0 Å². The highest BCUT2D eigenvalue weighted by molar-refractivity contribution is 6.35. The van der Waals surface area contributed by atoms with Gasteiger partial charge in [-0.1, -0.05) is 65.7 Å². The molecule has 1 saturated heterocycles. The zero-order valence-corrected chi connectivity index (χ0v) is 15.9. The molecule has 0 saturated carbocycles. The van der Waals surface area contributed by atoms with Crippen LogP contribution in [-0.2, 0) is 0 Å². The Bertz CT molecular complexity index is 820. The summed E-state index contributed by atoms with van der Waals surface area (Å²) >= 11 is 12.8. The first-order valence-corrected chi connectivity index (χ1v) is 9.58. The van der Waals surface area contributed by atoms with Crippen LogP contribution in [-0.4, -0.2) is 13.1 Å². The molecular weight excluding hydrogens is 363 g/mol. The molecule has 4 heteroatoms. The average Bonchev–Trinajstić information content (AvgIpc) is 2.69. The van der Waals surface area contributed by atoms with Crippen molar-refractivity contribution >= 4 is 34.6 Å². The van der Waals surface area contributed by atoms with E-state index in [0.717, 1.165) is 25.1 Å². The van der Waals surface area contributed by atoms with E-state index >= 15 is 0 Å². The van der Waals surface area contributed by atoms with Crippen LogP contribution in [0.25, 0.3) is 0 Å². The summed E-state index contributed by atoms with van der Waals surface area (Å²) in [5.74, 6) is 0. The summed E-state index contributed by atoms with van der Waals surface area (Å²) in [6.45, 7) is 1.97. The molecule has 1 fully saturated rings. The van der Waals surface area contributed by atoms with E-state index in [1.54, 1.807) is 0 Å². The van der Waals surface area contributed by atoms with Gasteiger partial charge in [0.1, 0.15) is 6.17 Å². The predicted octanol–water partition coefficient (Wildman–Crippen LogP) is 6.41. The van der Waals surface area contributed by atoms with Crippen LogP contribution in [0, 0.1) is 0 Å². The second kappa shape index (κ2) is 7.61. The van der Waals surface area contributed by atoms with Crippen LogP contribution in [0.15, 0.2) is 78.9 Å². The summed E-state index contributed by atoms with van der Waals surface area (Å²) in [6.07, 6.45) is 1.12. The van der Waals surface area contributed by atoms with E-state index in [1.165, 1.54) is 11.4 Å². The van der Waals surface area contributed by atoms with Crippen LogP contribution < -0.4 is 9.80 Å². The highest BCUT2D eigenvalue weighted by Crippen LogP contribution is 2.39. The summed E-state index contributed by atoms with van der Waals surface area (Å²) in [5.41, 5.74) is 3.47. The molecule has 0 N–H and O–H groups in total. The van der Waals surface area contributed by atoms with E-state index in [0.29, 0.717) is 10.0 Å². The third kappa shape index (κ3) is 3.40. The first-order valence-electron chi connectivity index (χ1n) is 8.82. The lowest BCUT2D eigenvalue weighted by Crippen LogP contribution is -2.48. The number of anilines is 2. The third-order valence-electron chi connectivity index (χ3n) is 4.80. The summed E-state index contributed by atoms with van der Waals surface area (Å²) in [4.78, 5) is 4.84. The van der Waals surface area contributed by atoms with Gasteiger partial charge in [0, 0.05) is 40.1 Å². The van der Waals surface area contributed by atoms with Crippen molar-refractivity contribution in [3.05, 3.63) is 94.5 Å². The molecule has 0 spiro atoms. The molecule has 132 valence electrons. The van der Waals surface area contributed by atoms with Crippen LogP contribution in [0.1, 0.15) is 18.2 Å². The maximum absolute atomic E-state index is 6.63. The SMILES string of the molecule is Clc1ccc(C2N(c3ccccc3)CCCN2c2ccccc2)c(Cl)c1. The van der Waals surface area contributed by atoms with Gasteiger partial charge >= 0.3 is 0 Å². The maximum Gasteiger partial charge on any atom is 0.129 e. The minimum Gasteiger partial charge on any atom is -0.347 e. The van der Waals surface area contributed by atoms with E-state index in [-0.39, 0.29) is 6.17 Å². The van der Waals surface area contributed by atoms with Crippen LogP contribution in [0.2, 0.25) is 10.0 Å². The number of hydrogen-bond donors (Lipinski definition) is 0. The minimum absolute atomic E-state index is 0.0262. The van der Waals surface area contributed by atoms with Gasteiger partial charge < -0.3 is 9.80 Å². The lowest BCUT2D eigenvalue weighted by Gasteiger charge is -2.47. The molecule has 4 rings (SSSR count). The highest BCUT2D eigenvalue weighted by Gasteiger charge is 2.32. The minimum atomic E-state index is 0.0262. The van der Waals surface area contributed by atoms with Crippen molar-refractivity contribution in [2.45, 2.75) is 12.6 Å². The van der Waals surface area contributed by atoms with E-state index < -0.39 is 0 Å². The van der Waals surface area contributed by atoms with Crippen molar-refractivity contribution in [3.63, 3.8) is 0 Å². The zero-order valence-electron chi connectivity index (χ0n) is 14.4. The third-order valence-corrected chi connectivity index (χ3v) is 5.37. The Kier molecular flexibility index (Phi) is 5.05. The molecule has 3 aromatic carbocycles. The lowest BCUT2D eigenvalue weighted by molar-refractivity contribution is 0.503. The van der Waals surface area contributed by atoms with E-state index in [4.69, 9.17) is 23.2 Å². The standard InChI is InChI=1S/C22H20Cl2N2/c23-17-12-13-20(21(24)16-17)22-25(18-8-3-1-4-9-18)14-7-15-26(22)19-10-5-2-6-11-19/h1-6,8-13,16,22H,7,14-15H2. The molecule has 26 heavy (non-hydrogen) atoms. The van der Waals surface area contributed by atoms with Crippen molar-refractivity contribution in [2.24, 2.45) is 0 Å². The second-order valence-corrected chi connectivity index (χ2v) is 7.29. The molecule has 2 nitrogen and oxygen atoms in total. The lowest BCUT2D eigenvalue weighted by atomic mass is 10.0. The van der Waals surface area contributed by atoms with E-state index in [1.807, 2.05) is 30.3 Å². The Balaban J connectivity index is 1.83. The molecule has 0 bridgehead atoms. The fourth-order valence-corrected chi connectivity index (χ4v) is 4.16. The number of nitrogens with zero attached hydrogens (tertiary/aromatic N) is 2. The van der Waals surface area contributed by atoms with E-state index in [2.05, 4.69) is 58.3 Å². The fraction of sp³-hybridized carbons (Fsp3) is 0.182. The summed E-state index contributed by atoms with van der Waals surface area (Å²) in [5, 5.41) is 1.36. The fourth-order valence-electron chi connectivity index (χ4n) is 3.65. The average molecular weight is 383 g/mol. The highest BCUT2D eigenvalue weighted by atomic mass is 35.5. The van der Waals surface area contributed by atoms with Crippen LogP contribution >= 0.6 is 23.2 Å². The Hall–Kier alpha value is -2.16. The van der Waals surface area contributed by atoms with Gasteiger partial charge in [0.25, 0.3) is 0 Å². The van der Waals surface area contributed by atoms with Gasteiger partial charge in [-0.3, -0.25) is 0 Å². The monoisotopic (exact) mass is 382 g/mol. The summed E-state index contributed by atoms with van der Waals surface area (Å²) in [6, 6.07) is 26.9. The Morgan fingerprint density at radius 2 is 1.23 bits per heavy atom. The van der Waals surface area contributed by atoms with Gasteiger partial charge in [-0.25, -0.2) is 0 Å². The van der Waals surface area contributed by atoms with Crippen molar-refractivity contribution in [3.8, 4) is 0 Å². The van der Waals surface area contributed by atoms with Crippen molar-refractivity contribution < 1.29 is 0 Å². The maximum atomic E-state index is 6.63. The van der Waals surface area contributed by atoms with Crippen LogP contribution in [0.4, 0.5) is 11.4 Å². The van der Waals surface area contributed by atoms with Crippen molar-refractivity contribution in [1.29, 1.82) is 0 Å². The normalized spacial score (nSPS) is 15.3. The van der Waals surface area contributed by atoms with Gasteiger partial charge in [0.05, 0.1) is 0 Å². The first-order chi connectivity index (χ1) is 12.7. The topological polar surface area (TPSA) is 6.48 Å². The molecule has 0 aromatic heterocycles. The molecule has 0 radical (unpaired) electrons. The molecule has 0 amide bonds. The Morgan fingerprint density at radius 3 is 1.73 bits per heavy atom. The smallest absolute Gasteiger partial charge is 0.129 e. The van der Waals surface area contributed by atoms with Gasteiger partial charge in [-0.15, -0.1) is 0 Å². The summed E-state index contributed by atoms with van der Waals surface area (Å²) in [7, 11) is 0. The van der Waals surface area contributed by atoms with Crippen LogP contribution in [0.5, 0.6) is 0 Å². The number of halogens is 2. The molecule has 3 aromatic rings. The predicted molar refractivity (Wildman–Crippen MR) is 111 cm³/mol. The summed E-state index contributed by atoms with van der Waals surface area (Å²) < 4.78 is 0. The van der Waals surface area contributed by atoms with Gasteiger partial charge in [-0.05, 0) is 42.8 Å². The molecule has 0 unspecified atom stereocenters. The number of rotatable bonds is 3. The van der Waals surface area contributed by atoms with E-state index in [9.17, 15) is 0 Å². The van der Waals surface area contributed by atoms with Gasteiger partial charge in [0.2, 0.25) is 0 Å². The Morgan fingerprint density at radius 1 is 0.692 bits per heavy atom. The molecule has 0 atom stereocenters.